The van der Waals surface area contributed by atoms with Gasteiger partial charge in [0.1, 0.15) is 16.9 Å². The number of nitrogens with one attached hydrogen (secondary N) is 2. The summed E-state index contributed by atoms with van der Waals surface area (Å²) in [6.45, 7) is 7.85. The predicted molar refractivity (Wildman–Crippen MR) is 154 cm³/mol. The number of piperidine rings is 1. The molecule has 0 atom stereocenters. The highest BCUT2D eigenvalue weighted by molar-refractivity contribution is 7.92. The monoisotopic (exact) mass is 569 g/mol. The zero-order valence-electron chi connectivity index (χ0n) is 23.7. The second-order valence-electron chi connectivity index (χ2n) is 12.0. The van der Waals surface area contributed by atoms with Crippen LogP contribution >= 0.6 is 0 Å². The molecule has 1 spiro atoms. The maximum absolute atomic E-state index is 13.2. The number of rotatable bonds is 6. The van der Waals surface area contributed by atoms with Crippen LogP contribution in [0.15, 0.2) is 28.6 Å². The SMILES string of the molecule is CC[C@H]1CC[C@H](C2=NC3(CCN(S(=O)(=O)/C=C/c4ccc(N5C(=O)NC(=O)C5(C)C)cc4C)CC3)C(=O)N2)CC1. The van der Waals surface area contributed by atoms with Crippen LogP contribution in [0.3, 0.4) is 0 Å². The molecule has 0 bridgehead atoms. The quantitative estimate of drug-likeness (QED) is 0.505. The van der Waals surface area contributed by atoms with Crippen molar-refractivity contribution in [2.75, 3.05) is 18.0 Å². The van der Waals surface area contributed by atoms with Gasteiger partial charge in [0, 0.05) is 30.1 Å². The van der Waals surface area contributed by atoms with Gasteiger partial charge in [-0.3, -0.25) is 24.8 Å². The molecule has 1 aromatic carbocycles. The first-order valence-electron chi connectivity index (χ1n) is 14.2. The van der Waals surface area contributed by atoms with Gasteiger partial charge in [0.25, 0.3) is 11.8 Å². The molecule has 3 heterocycles. The van der Waals surface area contributed by atoms with Gasteiger partial charge in [0.2, 0.25) is 10.0 Å². The molecule has 11 heteroatoms. The first-order chi connectivity index (χ1) is 18.9. The van der Waals surface area contributed by atoms with Crippen LogP contribution in [-0.4, -0.2) is 60.6 Å². The molecule has 1 saturated carbocycles. The third-order valence-corrected chi connectivity index (χ3v) is 10.8. The summed E-state index contributed by atoms with van der Waals surface area (Å²) in [5.41, 5.74) is 0.121. The van der Waals surface area contributed by atoms with Crippen molar-refractivity contribution in [1.82, 2.24) is 14.9 Å². The van der Waals surface area contributed by atoms with Gasteiger partial charge < -0.3 is 5.32 Å². The Bertz CT molecular complexity index is 1380. The van der Waals surface area contributed by atoms with Crippen molar-refractivity contribution in [2.24, 2.45) is 16.8 Å². The number of urea groups is 1. The summed E-state index contributed by atoms with van der Waals surface area (Å²) >= 11 is 0. The summed E-state index contributed by atoms with van der Waals surface area (Å²) in [6, 6.07) is 4.72. The average molecular weight is 570 g/mol. The fraction of sp³-hybridized carbons (Fsp3) is 0.586. The van der Waals surface area contributed by atoms with Crippen LogP contribution in [0, 0.1) is 18.8 Å². The zero-order valence-corrected chi connectivity index (χ0v) is 24.5. The Morgan fingerprint density at radius 1 is 1.02 bits per heavy atom. The second-order valence-corrected chi connectivity index (χ2v) is 13.9. The molecule has 4 aliphatic rings. The number of nitrogens with zero attached hydrogens (tertiary/aromatic N) is 3. The molecule has 0 unspecified atom stereocenters. The number of hydrogen-bond acceptors (Lipinski definition) is 6. The van der Waals surface area contributed by atoms with Crippen molar-refractivity contribution < 1.29 is 22.8 Å². The van der Waals surface area contributed by atoms with Crippen molar-refractivity contribution in [3.63, 3.8) is 0 Å². The van der Waals surface area contributed by atoms with E-state index >= 15 is 0 Å². The van der Waals surface area contributed by atoms with Gasteiger partial charge in [0.15, 0.2) is 0 Å². The number of hydrogen-bond donors (Lipinski definition) is 2. The number of amides is 4. The Morgan fingerprint density at radius 3 is 2.27 bits per heavy atom. The minimum absolute atomic E-state index is 0.0972. The summed E-state index contributed by atoms with van der Waals surface area (Å²) in [6.07, 6.45) is 7.87. The second kappa shape index (κ2) is 10.4. The van der Waals surface area contributed by atoms with Crippen LogP contribution in [0.5, 0.6) is 0 Å². The summed E-state index contributed by atoms with van der Waals surface area (Å²) < 4.78 is 27.8. The van der Waals surface area contributed by atoms with E-state index in [-0.39, 0.29) is 30.8 Å². The highest BCUT2D eigenvalue weighted by Crippen LogP contribution is 2.37. The van der Waals surface area contributed by atoms with Crippen LogP contribution in [0.4, 0.5) is 10.5 Å². The molecular formula is C29H39N5O5S. The lowest BCUT2D eigenvalue weighted by molar-refractivity contribution is -0.125. The van der Waals surface area contributed by atoms with Gasteiger partial charge in [-0.1, -0.05) is 19.4 Å². The normalized spacial score (nSPS) is 26.9. The summed E-state index contributed by atoms with van der Waals surface area (Å²) in [5, 5.41) is 6.56. The molecule has 10 nitrogen and oxygen atoms in total. The molecule has 1 aliphatic carbocycles. The summed E-state index contributed by atoms with van der Waals surface area (Å²) in [4.78, 5) is 43.7. The molecule has 5 rings (SSSR count). The van der Waals surface area contributed by atoms with Gasteiger partial charge in [-0.2, -0.15) is 4.31 Å². The lowest BCUT2D eigenvalue weighted by atomic mass is 9.80. The molecule has 2 N–H and O–H groups in total. The van der Waals surface area contributed by atoms with Crippen molar-refractivity contribution in [1.29, 1.82) is 0 Å². The van der Waals surface area contributed by atoms with Crippen LogP contribution in [-0.2, 0) is 19.6 Å². The Kier molecular flexibility index (Phi) is 7.41. The first-order valence-corrected chi connectivity index (χ1v) is 15.7. The number of anilines is 1. The number of amidine groups is 1. The maximum atomic E-state index is 13.2. The van der Waals surface area contributed by atoms with Gasteiger partial charge in [-0.05, 0) is 94.5 Å². The maximum Gasteiger partial charge on any atom is 0.329 e. The van der Waals surface area contributed by atoms with E-state index in [1.165, 1.54) is 21.0 Å². The van der Waals surface area contributed by atoms with E-state index in [9.17, 15) is 22.8 Å². The Labute approximate surface area is 236 Å². The minimum Gasteiger partial charge on any atom is -0.312 e. The fourth-order valence-electron chi connectivity index (χ4n) is 6.36. The van der Waals surface area contributed by atoms with Crippen LogP contribution in [0.2, 0.25) is 0 Å². The third kappa shape index (κ3) is 5.09. The lowest BCUT2D eigenvalue weighted by Crippen LogP contribution is -2.50. The number of aliphatic imine (C=N–C) groups is 1. The Hall–Kier alpha value is -3.05. The van der Waals surface area contributed by atoms with Crippen LogP contribution in [0.25, 0.3) is 6.08 Å². The molecule has 3 aliphatic heterocycles. The highest BCUT2D eigenvalue weighted by atomic mass is 32.2. The molecule has 3 fully saturated rings. The lowest BCUT2D eigenvalue weighted by Gasteiger charge is -2.34. The van der Waals surface area contributed by atoms with E-state index in [4.69, 9.17) is 4.99 Å². The predicted octanol–water partition coefficient (Wildman–Crippen LogP) is 3.71. The van der Waals surface area contributed by atoms with Gasteiger partial charge >= 0.3 is 6.03 Å². The first kappa shape index (κ1) is 28.5. The van der Waals surface area contributed by atoms with E-state index in [2.05, 4.69) is 17.6 Å². The molecule has 1 aromatic rings. The number of imide groups is 1. The number of aryl methyl sites for hydroxylation is 1. The third-order valence-electron chi connectivity index (χ3n) is 9.19. The van der Waals surface area contributed by atoms with Gasteiger partial charge in [-0.15, -0.1) is 0 Å². The minimum atomic E-state index is -3.71. The molecule has 2 saturated heterocycles. The Balaban J connectivity index is 1.24. The topological polar surface area (TPSA) is 128 Å². The number of sulfonamides is 1. The van der Waals surface area contributed by atoms with Crippen LogP contribution in [0.1, 0.15) is 76.8 Å². The van der Waals surface area contributed by atoms with Gasteiger partial charge in [0.05, 0.1) is 0 Å². The molecular weight excluding hydrogens is 530 g/mol. The smallest absolute Gasteiger partial charge is 0.312 e. The largest absolute Gasteiger partial charge is 0.329 e. The number of carbonyl (C=O) groups excluding carboxylic acids is 3. The number of carbonyl (C=O) groups is 3. The summed E-state index contributed by atoms with van der Waals surface area (Å²) in [7, 11) is -3.71. The van der Waals surface area contributed by atoms with E-state index in [1.807, 2.05) is 6.92 Å². The van der Waals surface area contributed by atoms with Crippen molar-refractivity contribution in [2.45, 2.75) is 83.7 Å². The van der Waals surface area contributed by atoms with Crippen molar-refractivity contribution in [3.05, 3.63) is 34.7 Å². The zero-order chi connectivity index (χ0) is 28.9. The Morgan fingerprint density at radius 2 is 1.70 bits per heavy atom. The van der Waals surface area contributed by atoms with E-state index in [0.717, 1.165) is 43.0 Å². The highest BCUT2D eigenvalue weighted by Gasteiger charge is 2.48. The summed E-state index contributed by atoms with van der Waals surface area (Å²) in [5.74, 6) is 1.38. The molecule has 0 aromatic heterocycles. The standard InChI is InChI=1S/C29H39N5O5S/c1-5-20-6-8-22(9-7-20)24-30-26(36)29(32-24)13-15-33(16-14-29)40(38,39)17-12-21-10-11-23(18-19(21)2)34-27(37)31-25(35)28(34,3)4/h10-12,17-18,20,22H,5-9,13-16H2,1-4H3,(H,30,32,36)(H,31,35,37)/b17-12+/t20-,22-. The molecule has 4 amide bonds. The molecule has 40 heavy (non-hydrogen) atoms. The van der Waals surface area contributed by atoms with Crippen molar-refractivity contribution >= 4 is 45.5 Å². The fourth-order valence-corrected chi connectivity index (χ4v) is 7.54. The molecule has 216 valence electrons. The van der Waals surface area contributed by atoms with E-state index in [1.54, 1.807) is 38.1 Å². The van der Waals surface area contributed by atoms with Crippen molar-refractivity contribution in [3.8, 4) is 0 Å². The van der Waals surface area contributed by atoms with Crippen LogP contribution < -0.4 is 15.5 Å². The van der Waals surface area contributed by atoms with E-state index < -0.39 is 27.1 Å². The van der Waals surface area contributed by atoms with Gasteiger partial charge in [-0.25, -0.2) is 13.2 Å². The molecule has 0 radical (unpaired) electrons. The van der Waals surface area contributed by atoms with E-state index in [0.29, 0.717) is 24.1 Å². The average Bonchev–Trinajstić information content (AvgIpc) is 3.33. The number of benzene rings is 1.